The summed E-state index contributed by atoms with van der Waals surface area (Å²) in [5.74, 6) is 2.23. The molecule has 1 heterocycles. The largest absolute Gasteiger partial charge is 0.494 e. The van der Waals surface area contributed by atoms with Crippen molar-refractivity contribution in [2.24, 2.45) is 0 Å². The van der Waals surface area contributed by atoms with Gasteiger partial charge in [0.1, 0.15) is 23.1 Å². The molecule has 0 spiro atoms. The van der Waals surface area contributed by atoms with Crippen LogP contribution in [0.15, 0.2) is 83.9 Å². The van der Waals surface area contributed by atoms with Gasteiger partial charge in [0.15, 0.2) is 5.82 Å². The molecule has 0 radical (unpaired) electrons. The number of nitrogens with zero attached hydrogens (tertiary/aromatic N) is 2. The molecule has 0 aliphatic rings. The van der Waals surface area contributed by atoms with Crippen molar-refractivity contribution in [2.75, 3.05) is 17.7 Å². The van der Waals surface area contributed by atoms with Gasteiger partial charge in [0, 0.05) is 11.1 Å². The van der Waals surface area contributed by atoms with Crippen LogP contribution in [0.5, 0.6) is 11.5 Å². The molecule has 6 nitrogen and oxygen atoms in total. The number of anilines is 1. The van der Waals surface area contributed by atoms with E-state index in [4.69, 9.17) is 9.47 Å². The highest BCUT2D eigenvalue weighted by Gasteiger charge is 2.11. The van der Waals surface area contributed by atoms with Gasteiger partial charge in [-0.3, -0.25) is 4.79 Å². The number of carbonyl (C=O) groups is 1. The summed E-state index contributed by atoms with van der Waals surface area (Å²) in [5.41, 5.74) is 1.55. The van der Waals surface area contributed by atoms with Crippen molar-refractivity contribution >= 4 is 34.3 Å². The zero-order valence-electron chi connectivity index (χ0n) is 17.7. The number of amides is 1. The molecule has 0 fully saturated rings. The van der Waals surface area contributed by atoms with Crippen molar-refractivity contribution in [3.63, 3.8) is 0 Å². The number of carbonyl (C=O) groups excluding carboxylic acids is 1. The van der Waals surface area contributed by atoms with Crippen LogP contribution in [-0.2, 0) is 11.4 Å². The van der Waals surface area contributed by atoms with Crippen molar-refractivity contribution < 1.29 is 14.3 Å². The minimum Gasteiger partial charge on any atom is -0.494 e. The quantitative estimate of drug-likeness (QED) is 0.277. The molecule has 0 bridgehead atoms. The first-order valence-electron chi connectivity index (χ1n) is 10.3. The van der Waals surface area contributed by atoms with Crippen LogP contribution in [0.25, 0.3) is 10.9 Å². The zero-order chi connectivity index (χ0) is 22.2. The van der Waals surface area contributed by atoms with Crippen LogP contribution >= 0.6 is 11.8 Å². The predicted octanol–water partition coefficient (Wildman–Crippen LogP) is 5.34. The lowest BCUT2D eigenvalue weighted by Gasteiger charge is -2.10. The number of hydrogen-bond acceptors (Lipinski definition) is 6. The molecule has 0 aliphatic heterocycles. The lowest BCUT2D eigenvalue weighted by Crippen LogP contribution is -2.14. The van der Waals surface area contributed by atoms with Crippen LogP contribution in [0.2, 0.25) is 0 Å². The number of aromatic nitrogens is 2. The summed E-state index contributed by atoms with van der Waals surface area (Å²) >= 11 is 1.38. The van der Waals surface area contributed by atoms with Crippen LogP contribution in [0.3, 0.4) is 0 Å². The highest BCUT2D eigenvalue weighted by Crippen LogP contribution is 2.26. The summed E-state index contributed by atoms with van der Waals surface area (Å²) in [5, 5.41) is 4.57. The van der Waals surface area contributed by atoms with E-state index in [9.17, 15) is 4.79 Å². The predicted molar refractivity (Wildman–Crippen MR) is 127 cm³/mol. The number of hydrogen-bond donors (Lipinski definition) is 1. The maximum Gasteiger partial charge on any atom is 0.234 e. The smallest absolute Gasteiger partial charge is 0.234 e. The molecule has 3 aromatic carbocycles. The zero-order valence-corrected chi connectivity index (χ0v) is 18.5. The van der Waals surface area contributed by atoms with E-state index in [1.807, 2.05) is 85.8 Å². The van der Waals surface area contributed by atoms with Crippen molar-refractivity contribution in [3.05, 3.63) is 84.7 Å². The average molecular weight is 446 g/mol. The number of fused-ring (bicyclic) bond motifs is 1. The molecular weight excluding hydrogens is 422 g/mol. The Morgan fingerprint density at radius 3 is 2.38 bits per heavy atom. The van der Waals surface area contributed by atoms with Crippen LogP contribution in [0.4, 0.5) is 5.69 Å². The number of nitrogens with one attached hydrogen (secondary N) is 1. The summed E-state index contributed by atoms with van der Waals surface area (Å²) < 4.78 is 11.2. The fraction of sp³-hybridized carbons (Fsp3) is 0.160. The first-order chi connectivity index (χ1) is 15.7. The highest BCUT2D eigenvalue weighted by atomic mass is 32.2. The van der Waals surface area contributed by atoms with Gasteiger partial charge in [-0.05, 0) is 49.4 Å². The Bertz CT molecular complexity index is 1180. The number of ether oxygens (including phenoxy) is 2. The Morgan fingerprint density at radius 2 is 1.59 bits per heavy atom. The second-order valence-corrected chi connectivity index (χ2v) is 7.82. The normalized spacial score (nSPS) is 10.7. The van der Waals surface area contributed by atoms with E-state index in [2.05, 4.69) is 15.3 Å². The first kappa shape index (κ1) is 21.6. The molecule has 0 saturated carbocycles. The second-order valence-electron chi connectivity index (χ2n) is 6.86. The molecule has 32 heavy (non-hydrogen) atoms. The number of thioether (sulfide) groups is 1. The molecule has 4 aromatic rings. The monoisotopic (exact) mass is 445 g/mol. The van der Waals surface area contributed by atoms with Crippen LogP contribution in [0.1, 0.15) is 12.7 Å². The number of para-hydroxylation sites is 2. The van der Waals surface area contributed by atoms with Gasteiger partial charge < -0.3 is 14.8 Å². The Kier molecular flexibility index (Phi) is 7.19. The minimum absolute atomic E-state index is 0.107. The van der Waals surface area contributed by atoms with Crippen molar-refractivity contribution in [3.8, 4) is 11.5 Å². The van der Waals surface area contributed by atoms with Gasteiger partial charge in [-0.1, -0.05) is 48.2 Å². The molecule has 0 aliphatic carbocycles. The Labute approximate surface area is 191 Å². The SMILES string of the molecule is CCOc1ccc(NC(=O)CSc2nc(COc3ccccc3)nc3ccccc23)cc1. The molecular formula is C25H23N3O3S. The molecule has 7 heteroatoms. The van der Waals surface area contributed by atoms with E-state index in [0.717, 1.165) is 33.1 Å². The summed E-state index contributed by atoms with van der Waals surface area (Å²) in [6.45, 7) is 2.79. The molecule has 0 atom stereocenters. The average Bonchev–Trinajstić information content (AvgIpc) is 2.83. The second kappa shape index (κ2) is 10.6. The fourth-order valence-electron chi connectivity index (χ4n) is 3.06. The summed E-state index contributed by atoms with van der Waals surface area (Å²) in [6, 6.07) is 24.7. The third-order valence-electron chi connectivity index (χ3n) is 4.51. The molecule has 4 rings (SSSR count). The first-order valence-corrected chi connectivity index (χ1v) is 11.3. The van der Waals surface area contributed by atoms with Gasteiger partial charge in [0.2, 0.25) is 5.91 Å². The summed E-state index contributed by atoms with van der Waals surface area (Å²) in [4.78, 5) is 21.8. The van der Waals surface area contributed by atoms with Crippen LogP contribution < -0.4 is 14.8 Å². The number of rotatable bonds is 9. The van der Waals surface area contributed by atoms with Crippen LogP contribution in [-0.4, -0.2) is 28.2 Å². The van der Waals surface area contributed by atoms with Gasteiger partial charge in [-0.15, -0.1) is 0 Å². The van der Waals surface area contributed by atoms with E-state index in [1.165, 1.54) is 11.8 Å². The minimum atomic E-state index is -0.107. The third kappa shape index (κ3) is 5.76. The Hall–Kier alpha value is -3.58. The van der Waals surface area contributed by atoms with Crippen molar-refractivity contribution in [2.45, 2.75) is 18.6 Å². The van der Waals surface area contributed by atoms with Gasteiger partial charge in [0.05, 0.1) is 17.9 Å². The molecule has 1 aromatic heterocycles. The highest BCUT2D eigenvalue weighted by molar-refractivity contribution is 8.00. The van der Waals surface area contributed by atoms with Crippen LogP contribution in [0, 0.1) is 0 Å². The maximum absolute atomic E-state index is 12.5. The van der Waals surface area contributed by atoms with Gasteiger partial charge in [0.25, 0.3) is 0 Å². The van der Waals surface area contributed by atoms with E-state index < -0.39 is 0 Å². The van der Waals surface area contributed by atoms with Gasteiger partial charge >= 0.3 is 0 Å². The van der Waals surface area contributed by atoms with E-state index in [1.54, 1.807) is 0 Å². The lowest BCUT2D eigenvalue weighted by atomic mass is 10.2. The Morgan fingerprint density at radius 1 is 0.875 bits per heavy atom. The maximum atomic E-state index is 12.5. The molecule has 1 N–H and O–H groups in total. The molecule has 0 saturated heterocycles. The van der Waals surface area contributed by atoms with E-state index in [-0.39, 0.29) is 18.3 Å². The molecule has 1 amide bonds. The van der Waals surface area contributed by atoms with Crippen molar-refractivity contribution in [1.29, 1.82) is 0 Å². The fourth-order valence-corrected chi connectivity index (χ4v) is 3.90. The third-order valence-corrected chi connectivity index (χ3v) is 5.51. The Balaban J connectivity index is 1.43. The van der Waals surface area contributed by atoms with Gasteiger partial charge in [-0.25, -0.2) is 9.97 Å². The standard InChI is InChI=1S/C25H23N3O3S/c1-2-30-20-14-12-18(13-15-20)26-24(29)17-32-25-21-10-6-7-11-22(21)27-23(28-25)16-31-19-8-4-3-5-9-19/h3-15H,2,16-17H2,1H3,(H,26,29). The number of benzene rings is 3. The van der Waals surface area contributed by atoms with Crippen molar-refractivity contribution in [1.82, 2.24) is 9.97 Å². The molecule has 0 unspecified atom stereocenters. The summed E-state index contributed by atoms with van der Waals surface area (Å²) in [7, 11) is 0. The van der Waals surface area contributed by atoms with E-state index in [0.29, 0.717) is 12.4 Å². The molecule has 162 valence electrons. The summed E-state index contributed by atoms with van der Waals surface area (Å²) in [6.07, 6.45) is 0. The lowest BCUT2D eigenvalue weighted by molar-refractivity contribution is -0.113. The van der Waals surface area contributed by atoms with Gasteiger partial charge in [-0.2, -0.15) is 0 Å². The topological polar surface area (TPSA) is 73.3 Å². The van der Waals surface area contributed by atoms with E-state index >= 15 is 0 Å².